The molecule has 1 aromatic carbocycles. The molecular weight excluding hydrogens is 441 g/mol. The predicted molar refractivity (Wildman–Crippen MR) is 117 cm³/mol. The highest BCUT2D eigenvalue weighted by Gasteiger charge is 2.01. The first kappa shape index (κ1) is 21.9. The van der Waals surface area contributed by atoms with E-state index in [1.807, 2.05) is 49.4 Å². The van der Waals surface area contributed by atoms with Gasteiger partial charge in [0.05, 0.1) is 6.54 Å². The van der Waals surface area contributed by atoms with Crippen molar-refractivity contribution in [2.24, 2.45) is 10.7 Å². The Labute approximate surface area is 171 Å². The van der Waals surface area contributed by atoms with E-state index in [0.717, 1.165) is 29.8 Å². The van der Waals surface area contributed by atoms with Gasteiger partial charge in [-0.2, -0.15) is 0 Å². The number of nitrogens with one attached hydrogen (secondary N) is 2. The molecule has 26 heavy (non-hydrogen) atoms. The van der Waals surface area contributed by atoms with E-state index in [-0.39, 0.29) is 29.9 Å². The van der Waals surface area contributed by atoms with Gasteiger partial charge >= 0.3 is 0 Å². The van der Waals surface area contributed by atoms with Crippen LogP contribution in [0.3, 0.4) is 0 Å². The number of aliphatic imine (C=N–C) groups is 1. The fourth-order valence-corrected chi connectivity index (χ4v) is 2.24. The first-order chi connectivity index (χ1) is 12.2. The molecule has 1 aromatic heterocycles. The van der Waals surface area contributed by atoms with E-state index in [9.17, 15) is 4.79 Å². The van der Waals surface area contributed by atoms with Gasteiger partial charge in [0.15, 0.2) is 5.96 Å². The van der Waals surface area contributed by atoms with Crippen LogP contribution in [0.1, 0.15) is 31.0 Å². The summed E-state index contributed by atoms with van der Waals surface area (Å²) in [5.74, 6) is 0.450. The van der Waals surface area contributed by atoms with Gasteiger partial charge in [-0.15, -0.1) is 24.0 Å². The summed E-state index contributed by atoms with van der Waals surface area (Å²) in [6.07, 6.45) is 3.95. The minimum Gasteiger partial charge on any atom is -0.370 e. The predicted octanol–water partition coefficient (Wildman–Crippen LogP) is 3.09. The molecule has 2 rings (SSSR count). The third kappa shape index (κ3) is 8.28. The Balaban J connectivity index is 0.00000338. The van der Waals surface area contributed by atoms with Gasteiger partial charge in [-0.1, -0.05) is 25.1 Å². The minimum atomic E-state index is 0. The standard InChI is InChI=1S/C19H25N5O.HI/c1-2-5-18(25)24-17-9-7-15(8-10-17)14-23-19(20)22-13-11-16-6-3-4-12-21-16;/h3-4,6-10,12H,2,5,11,13-14H2,1H3,(H,24,25)(H3,20,22,23);1H. The summed E-state index contributed by atoms with van der Waals surface area (Å²) in [5, 5.41) is 5.94. The fourth-order valence-electron chi connectivity index (χ4n) is 2.24. The molecule has 0 atom stereocenters. The number of hydrogen-bond acceptors (Lipinski definition) is 3. The van der Waals surface area contributed by atoms with Crippen molar-refractivity contribution in [2.75, 3.05) is 11.9 Å². The number of aromatic nitrogens is 1. The number of anilines is 1. The van der Waals surface area contributed by atoms with Gasteiger partial charge in [0.25, 0.3) is 0 Å². The molecule has 2 aromatic rings. The monoisotopic (exact) mass is 467 g/mol. The van der Waals surface area contributed by atoms with Gasteiger partial charge in [0, 0.05) is 37.0 Å². The van der Waals surface area contributed by atoms with E-state index in [1.165, 1.54) is 0 Å². The van der Waals surface area contributed by atoms with Crippen LogP contribution in [0, 0.1) is 0 Å². The van der Waals surface area contributed by atoms with E-state index in [2.05, 4.69) is 20.6 Å². The van der Waals surface area contributed by atoms with E-state index in [1.54, 1.807) is 6.20 Å². The van der Waals surface area contributed by atoms with Crippen LogP contribution in [-0.4, -0.2) is 23.4 Å². The van der Waals surface area contributed by atoms with E-state index >= 15 is 0 Å². The maximum absolute atomic E-state index is 11.6. The van der Waals surface area contributed by atoms with Crippen LogP contribution in [0.4, 0.5) is 5.69 Å². The number of nitrogens with two attached hydrogens (primary N) is 1. The summed E-state index contributed by atoms with van der Waals surface area (Å²) in [4.78, 5) is 20.1. The maximum Gasteiger partial charge on any atom is 0.224 e. The molecule has 6 nitrogen and oxygen atoms in total. The molecule has 0 radical (unpaired) electrons. The third-order valence-electron chi connectivity index (χ3n) is 3.56. The minimum absolute atomic E-state index is 0. The van der Waals surface area contributed by atoms with Gasteiger partial charge in [0.2, 0.25) is 5.91 Å². The lowest BCUT2D eigenvalue weighted by Crippen LogP contribution is -2.33. The number of benzene rings is 1. The Bertz CT molecular complexity index is 689. The van der Waals surface area contributed by atoms with Crippen LogP contribution in [-0.2, 0) is 17.8 Å². The largest absolute Gasteiger partial charge is 0.370 e. The number of carbonyl (C=O) groups excluding carboxylic acids is 1. The third-order valence-corrected chi connectivity index (χ3v) is 3.56. The van der Waals surface area contributed by atoms with E-state index < -0.39 is 0 Å². The molecule has 0 unspecified atom stereocenters. The van der Waals surface area contributed by atoms with Crippen LogP contribution in [0.15, 0.2) is 53.7 Å². The quantitative estimate of drug-likeness (QED) is 0.316. The number of nitrogens with zero attached hydrogens (tertiary/aromatic N) is 2. The number of hydrogen-bond donors (Lipinski definition) is 3. The molecule has 1 heterocycles. The van der Waals surface area contributed by atoms with Crippen molar-refractivity contribution in [3.63, 3.8) is 0 Å². The van der Waals surface area contributed by atoms with Gasteiger partial charge in [-0.05, 0) is 36.2 Å². The average molecular weight is 467 g/mol. The average Bonchev–Trinajstić information content (AvgIpc) is 2.62. The molecule has 140 valence electrons. The molecule has 0 aliphatic heterocycles. The zero-order valence-electron chi connectivity index (χ0n) is 14.9. The number of guanidine groups is 1. The summed E-state index contributed by atoms with van der Waals surface area (Å²) >= 11 is 0. The smallest absolute Gasteiger partial charge is 0.224 e. The van der Waals surface area contributed by atoms with Crippen molar-refractivity contribution in [3.05, 3.63) is 59.9 Å². The van der Waals surface area contributed by atoms with Gasteiger partial charge < -0.3 is 16.4 Å². The molecule has 0 saturated heterocycles. The van der Waals surface area contributed by atoms with Crippen molar-refractivity contribution < 1.29 is 4.79 Å². The number of amides is 1. The van der Waals surface area contributed by atoms with Crippen molar-refractivity contribution >= 4 is 41.5 Å². The molecule has 1 amide bonds. The van der Waals surface area contributed by atoms with Crippen molar-refractivity contribution in [1.82, 2.24) is 10.3 Å². The molecule has 0 aliphatic rings. The molecule has 0 aliphatic carbocycles. The Hall–Kier alpha value is -2.16. The molecular formula is C19H26IN5O. The second kappa shape index (κ2) is 12.2. The Morgan fingerprint density at radius 3 is 2.62 bits per heavy atom. The fraction of sp³-hybridized carbons (Fsp3) is 0.316. The molecule has 0 fully saturated rings. The summed E-state index contributed by atoms with van der Waals surface area (Å²) in [6.45, 7) is 3.16. The summed E-state index contributed by atoms with van der Waals surface area (Å²) in [5.41, 5.74) is 8.72. The van der Waals surface area contributed by atoms with Gasteiger partial charge in [0.1, 0.15) is 0 Å². The SMILES string of the molecule is CCCC(=O)Nc1ccc(CN=C(N)NCCc2ccccn2)cc1.I. The van der Waals surface area contributed by atoms with Crippen molar-refractivity contribution in [2.45, 2.75) is 32.7 Å². The highest BCUT2D eigenvalue weighted by Crippen LogP contribution is 2.11. The highest BCUT2D eigenvalue weighted by atomic mass is 127. The Kier molecular flexibility index (Phi) is 10.3. The number of rotatable bonds is 8. The van der Waals surface area contributed by atoms with Crippen molar-refractivity contribution in [3.8, 4) is 0 Å². The van der Waals surface area contributed by atoms with E-state index in [4.69, 9.17) is 5.73 Å². The summed E-state index contributed by atoms with van der Waals surface area (Å²) < 4.78 is 0. The summed E-state index contributed by atoms with van der Waals surface area (Å²) in [7, 11) is 0. The molecule has 7 heteroatoms. The van der Waals surface area contributed by atoms with Gasteiger partial charge in [-0.3, -0.25) is 9.78 Å². The van der Waals surface area contributed by atoms with Crippen LogP contribution in [0.2, 0.25) is 0 Å². The molecule has 0 saturated carbocycles. The first-order valence-electron chi connectivity index (χ1n) is 8.50. The first-order valence-corrected chi connectivity index (χ1v) is 8.50. The summed E-state index contributed by atoms with van der Waals surface area (Å²) in [6, 6.07) is 13.5. The Morgan fingerprint density at radius 1 is 1.19 bits per heavy atom. The van der Waals surface area contributed by atoms with Gasteiger partial charge in [-0.25, -0.2) is 4.99 Å². The zero-order chi connectivity index (χ0) is 17.9. The second-order valence-corrected chi connectivity index (χ2v) is 5.69. The van der Waals surface area contributed by atoms with Crippen molar-refractivity contribution in [1.29, 1.82) is 0 Å². The lowest BCUT2D eigenvalue weighted by atomic mass is 10.2. The Morgan fingerprint density at radius 2 is 1.96 bits per heavy atom. The normalized spacial score (nSPS) is 10.7. The number of carbonyl (C=O) groups is 1. The highest BCUT2D eigenvalue weighted by molar-refractivity contribution is 14.0. The number of halogens is 1. The molecule has 0 bridgehead atoms. The van der Waals surface area contributed by atoms with Crippen LogP contribution < -0.4 is 16.4 Å². The topological polar surface area (TPSA) is 92.4 Å². The maximum atomic E-state index is 11.6. The lowest BCUT2D eigenvalue weighted by molar-refractivity contribution is -0.116. The lowest BCUT2D eigenvalue weighted by Gasteiger charge is -2.07. The van der Waals surface area contributed by atoms with Crippen LogP contribution >= 0.6 is 24.0 Å². The van der Waals surface area contributed by atoms with Crippen LogP contribution in [0.5, 0.6) is 0 Å². The molecule has 4 N–H and O–H groups in total. The van der Waals surface area contributed by atoms with E-state index in [0.29, 0.717) is 25.5 Å². The van der Waals surface area contributed by atoms with Crippen LogP contribution in [0.25, 0.3) is 0 Å². The second-order valence-electron chi connectivity index (χ2n) is 5.69. The number of pyridine rings is 1. The zero-order valence-corrected chi connectivity index (χ0v) is 17.3. The molecule has 0 spiro atoms.